The van der Waals surface area contributed by atoms with Crippen LogP contribution in [0.2, 0.25) is 0 Å². The Morgan fingerprint density at radius 1 is 1.14 bits per heavy atom. The summed E-state index contributed by atoms with van der Waals surface area (Å²) in [7, 11) is 0. The van der Waals surface area contributed by atoms with Gasteiger partial charge in [0.25, 0.3) is 5.91 Å². The third-order valence-corrected chi connectivity index (χ3v) is 6.25. The number of benzene rings is 1. The number of anilines is 1. The lowest BCUT2D eigenvalue weighted by molar-refractivity contribution is -0.0586. The van der Waals surface area contributed by atoms with Crippen LogP contribution < -0.4 is 5.73 Å². The van der Waals surface area contributed by atoms with Gasteiger partial charge in [0.1, 0.15) is 10.6 Å². The van der Waals surface area contributed by atoms with Crippen molar-refractivity contribution in [3.8, 4) is 11.4 Å². The van der Waals surface area contributed by atoms with Crippen LogP contribution in [0.25, 0.3) is 21.6 Å². The number of hydrogen-bond acceptors (Lipinski definition) is 6. The van der Waals surface area contributed by atoms with Crippen molar-refractivity contribution in [1.29, 1.82) is 0 Å². The number of nitrogens with zero attached hydrogens (tertiary/aromatic N) is 3. The standard InChI is InChI=1S/C21H24N4O2S/c1-11-9-25(10-12(2)27-11)21(26)16-7-5-15(6-8-16)19-23-18(22)17-13(3)14(4)28-20(17)24-19/h5-8,11-12H,9-10H2,1-4H3,(H2,22,23,24). The second-order valence-corrected chi connectivity index (χ2v) is 8.64. The molecule has 4 rings (SSSR count). The Kier molecular flexibility index (Phi) is 4.81. The lowest BCUT2D eigenvalue weighted by Gasteiger charge is -2.35. The van der Waals surface area contributed by atoms with Crippen molar-refractivity contribution in [3.05, 3.63) is 40.3 Å². The molecule has 0 spiro atoms. The first-order valence-corrected chi connectivity index (χ1v) is 10.2. The Hall–Kier alpha value is -2.51. The summed E-state index contributed by atoms with van der Waals surface area (Å²) in [5.41, 5.74) is 8.83. The van der Waals surface area contributed by atoms with Gasteiger partial charge < -0.3 is 15.4 Å². The van der Waals surface area contributed by atoms with Crippen molar-refractivity contribution < 1.29 is 9.53 Å². The average molecular weight is 397 g/mol. The van der Waals surface area contributed by atoms with E-state index in [0.29, 0.717) is 30.3 Å². The van der Waals surface area contributed by atoms with Crippen LogP contribution in [0.5, 0.6) is 0 Å². The van der Waals surface area contributed by atoms with Crippen molar-refractivity contribution in [1.82, 2.24) is 14.9 Å². The summed E-state index contributed by atoms with van der Waals surface area (Å²) < 4.78 is 5.71. The topological polar surface area (TPSA) is 81.3 Å². The molecule has 28 heavy (non-hydrogen) atoms. The van der Waals surface area contributed by atoms with E-state index in [1.54, 1.807) is 11.3 Å². The van der Waals surface area contributed by atoms with Crippen molar-refractivity contribution in [2.75, 3.05) is 18.8 Å². The summed E-state index contributed by atoms with van der Waals surface area (Å²) in [6, 6.07) is 7.43. The Bertz CT molecular complexity index is 1030. The molecular formula is C21H24N4O2S. The van der Waals surface area contributed by atoms with Gasteiger partial charge in [-0.25, -0.2) is 9.97 Å². The van der Waals surface area contributed by atoms with Crippen molar-refractivity contribution in [2.45, 2.75) is 39.9 Å². The zero-order chi connectivity index (χ0) is 20.0. The molecule has 1 fully saturated rings. The molecule has 6 nitrogen and oxygen atoms in total. The minimum absolute atomic E-state index is 0.0222. The molecule has 7 heteroatoms. The molecule has 1 aromatic carbocycles. The number of rotatable bonds is 2. The van der Waals surface area contributed by atoms with Gasteiger partial charge >= 0.3 is 0 Å². The van der Waals surface area contributed by atoms with Gasteiger partial charge in [-0.2, -0.15) is 0 Å². The number of aryl methyl sites for hydroxylation is 2. The number of carbonyl (C=O) groups is 1. The van der Waals surface area contributed by atoms with Crippen molar-refractivity contribution in [3.63, 3.8) is 0 Å². The van der Waals surface area contributed by atoms with E-state index in [2.05, 4.69) is 16.9 Å². The fourth-order valence-corrected chi connectivity index (χ4v) is 4.73. The molecule has 2 atom stereocenters. The quantitative estimate of drug-likeness (QED) is 0.712. The summed E-state index contributed by atoms with van der Waals surface area (Å²) in [5, 5.41) is 0.939. The van der Waals surface area contributed by atoms with Crippen LogP contribution in [-0.4, -0.2) is 46.1 Å². The lowest BCUT2D eigenvalue weighted by atomic mass is 10.1. The molecule has 2 unspecified atom stereocenters. The van der Waals surface area contributed by atoms with E-state index in [9.17, 15) is 4.79 Å². The molecule has 0 saturated carbocycles. The second kappa shape index (κ2) is 7.14. The first-order chi connectivity index (χ1) is 13.3. The van der Waals surface area contributed by atoms with Crippen LogP contribution in [0.1, 0.15) is 34.6 Å². The van der Waals surface area contributed by atoms with Crippen LogP contribution in [0, 0.1) is 13.8 Å². The summed E-state index contributed by atoms with van der Waals surface area (Å²) in [6.45, 7) is 9.31. The van der Waals surface area contributed by atoms with Crippen LogP contribution in [-0.2, 0) is 4.74 Å². The van der Waals surface area contributed by atoms with E-state index >= 15 is 0 Å². The zero-order valence-corrected chi connectivity index (χ0v) is 17.3. The van der Waals surface area contributed by atoms with Gasteiger partial charge in [-0.1, -0.05) is 12.1 Å². The summed E-state index contributed by atoms with van der Waals surface area (Å²) in [4.78, 5) is 26.0. The van der Waals surface area contributed by atoms with Crippen LogP contribution in [0.15, 0.2) is 24.3 Å². The third-order valence-electron chi connectivity index (χ3n) is 5.15. The van der Waals surface area contributed by atoms with Gasteiger partial charge in [0.15, 0.2) is 5.82 Å². The molecule has 0 bridgehead atoms. The predicted octanol–water partition coefficient (Wildman–Crippen LogP) is 3.81. The maximum Gasteiger partial charge on any atom is 0.254 e. The fourth-order valence-electron chi connectivity index (χ4n) is 3.70. The number of hydrogen-bond donors (Lipinski definition) is 1. The highest BCUT2D eigenvalue weighted by Gasteiger charge is 2.26. The van der Waals surface area contributed by atoms with Gasteiger partial charge in [0.2, 0.25) is 0 Å². The van der Waals surface area contributed by atoms with Gasteiger partial charge in [-0.3, -0.25) is 4.79 Å². The number of carbonyl (C=O) groups excluding carboxylic acids is 1. The maximum absolute atomic E-state index is 12.8. The number of ether oxygens (including phenoxy) is 1. The molecular weight excluding hydrogens is 372 g/mol. The summed E-state index contributed by atoms with van der Waals surface area (Å²) >= 11 is 1.63. The van der Waals surface area contributed by atoms with Gasteiger partial charge in [-0.05, 0) is 45.4 Å². The molecule has 2 N–H and O–H groups in total. The maximum atomic E-state index is 12.8. The van der Waals surface area contributed by atoms with E-state index in [4.69, 9.17) is 10.5 Å². The molecule has 1 amide bonds. The summed E-state index contributed by atoms with van der Waals surface area (Å²) in [5.74, 6) is 1.10. The molecule has 1 saturated heterocycles. The van der Waals surface area contributed by atoms with Crippen LogP contribution >= 0.6 is 11.3 Å². The minimum atomic E-state index is 0.0222. The molecule has 3 heterocycles. The molecule has 1 aliphatic rings. The van der Waals surface area contributed by atoms with E-state index in [-0.39, 0.29) is 18.1 Å². The van der Waals surface area contributed by atoms with Crippen molar-refractivity contribution >= 4 is 33.3 Å². The molecule has 2 aromatic heterocycles. The average Bonchev–Trinajstić information content (AvgIpc) is 2.95. The Labute approximate surface area is 168 Å². The molecule has 1 aliphatic heterocycles. The van der Waals surface area contributed by atoms with Gasteiger partial charge in [-0.15, -0.1) is 11.3 Å². The monoisotopic (exact) mass is 396 g/mol. The molecule has 0 radical (unpaired) electrons. The SMILES string of the molecule is Cc1sc2nc(-c3ccc(C(=O)N4CC(C)OC(C)C4)cc3)nc(N)c2c1C. The van der Waals surface area contributed by atoms with E-state index in [1.165, 1.54) is 4.88 Å². The number of nitrogens with two attached hydrogens (primary N) is 1. The number of thiophene rings is 1. The Balaban J connectivity index is 1.61. The molecule has 3 aromatic rings. The minimum Gasteiger partial charge on any atom is -0.383 e. The van der Waals surface area contributed by atoms with Crippen molar-refractivity contribution in [2.24, 2.45) is 0 Å². The molecule has 146 valence electrons. The second-order valence-electron chi connectivity index (χ2n) is 7.44. The predicted molar refractivity (Wildman–Crippen MR) is 113 cm³/mol. The highest BCUT2D eigenvalue weighted by molar-refractivity contribution is 7.18. The van der Waals surface area contributed by atoms with Gasteiger partial charge in [0.05, 0.1) is 17.6 Å². The van der Waals surface area contributed by atoms with E-state index in [0.717, 1.165) is 21.3 Å². The number of nitrogen functional groups attached to an aromatic ring is 1. The number of morpholine rings is 1. The zero-order valence-electron chi connectivity index (χ0n) is 16.5. The third kappa shape index (κ3) is 3.36. The Morgan fingerprint density at radius 3 is 2.43 bits per heavy atom. The Morgan fingerprint density at radius 2 is 1.79 bits per heavy atom. The smallest absolute Gasteiger partial charge is 0.254 e. The lowest BCUT2D eigenvalue weighted by Crippen LogP contribution is -2.48. The number of amides is 1. The highest BCUT2D eigenvalue weighted by atomic mass is 32.1. The summed E-state index contributed by atoms with van der Waals surface area (Å²) in [6.07, 6.45) is 0.0978. The van der Waals surface area contributed by atoms with E-state index < -0.39 is 0 Å². The fraction of sp³-hybridized carbons (Fsp3) is 0.381. The first kappa shape index (κ1) is 18.8. The number of fused-ring (bicyclic) bond motifs is 1. The normalized spacial score (nSPS) is 19.9. The highest BCUT2D eigenvalue weighted by Crippen LogP contribution is 2.33. The molecule has 0 aliphatic carbocycles. The van der Waals surface area contributed by atoms with E-state index in [1.807, 2.05) is 49.9 Å². The van der Waals surface area contributed by atoms with Crippen LogP contribution in [0.4, 0.5) is 5.82 Å². The van der Waals surface area contributed by atoms with Crippen LogP contribution in [0.3, 0.4) is 0 Å². The largest absolute Gasteiger partial charge is 0.383 e. The van der Waals surface area contributed by atoms with Gasteiger partial charge in [0, 0.05) is 29.1 Å². The first-order valence-electron chi connectivity index (χ1n) is 9.42. The number of aromatic nitrogens is 2.